The number of carbonyl (C=O) groups is 1. The summed E-state index contributed by atoms with van der Waals surface area (Å²) in [6.07, 6.45) is 0. The first-order chi connectivity index (χ1) is 14.0. The van der Waals surface area contributed by atoms with Gasteiger partial charge in [0.15, 0.2) is 21.8 Å². The predicted octanol–water partition coefficient (Wildman–Crippen LogP) is 2.72. The van der Waals surface area contributed by atoms with Crippen molar-refractivity contribution in [1.82, 2.24) is 20.3 Å². The van der Waals surface area contributed by atoms with Crippen LogP contribution in [0.3, 0.4) is 0 Å². The predicted molar refractivity (Wildman–Crippen MR) is 119 cm³/mol. The number of nitrogens with one attached hydrogen (secondary N) is 3. The van der Waals surface area contributed by atoms with Gasteiger partial charge in [0.05, 0.1) is 6.61 Å². The molecule has 2 heterocycles. The molecule has 0 aliphatic carbocycles. The van der Waals surface area contributed by atoms with Crippen molar-refractivity contribution in [3.05, 3.63) is 35.9 Å². The first-order valence-electron chi connectivity index (χ1n) is 9.26. The first-order valence-corrected chi connectivity index (χ1v) is 11.1. The number of benzene rings is 1. The third-order valence-corrected chi connectivity index (χ3v) is 5.80. The van der Waals surface area contributed by atoms with Crippen LogP contribution >= 0.6 is 23.1 Å². The molecule has 154 valence electrons. The molecule has 0 bridgehead atoms. The van der Waals surface area contributed by atoms with Gasteiger partial charge in [-0.05, 0) is 12.5 Å². The average molecular weight is 433 g/mol. The summed E-state index contributed by atoms with van der Waals surface area (Å²) < 4.78 is 0.830. The maximum atomic E-state index is 11.0. The molecule has 3 rings (SSSR count). The molecule has 4 N–H and O–H groups in total. The van der Waals surface area contributed by atoms with Crippen LogP contribution in [0.25, 0.3) is 10.3 Å². The molecule has 0 aliphatic rings. The Kier molecular flexibility index (Phi) is 7.62. The number of aliphatic hydroxyl groups excluding tert-OH is 1. The number of amides is 1. The standard InChI is InChI=1S/C19H24N6O2S2/c1-12(10-26)22-16-15-17(23-18(29-15)21-9-8-20-13(2)27)25-19(24-16)28-11-14-6-4-3-5-7-14/h3-7,12,26H,8-11H2,1-2H3,(H,20,27)(H2,21,22,23,24,25). The molecule has 0 saturated carbocycles. The Morgan fingerprint density at radius 2 is 2.00 bits per heavy atom. The number of aliphatic hydroxyl groups is 1. The summed E-state index contributed by atoms with van der Waals surface area (Å²) in [6, 6.07) is 10.0. The average Bonchev–Trinajstić information content (AvgIpc) is 3.13. The SMILES string of the molecule is CC(=O)NCCNc1nc2nc(SCc3ccccc3)nc(NC(C)CO)c2s1. The molecule has 0 saturated heterocycles. The van der Waals surface area contributed by atoms with Crippen LogP contribution < -0.4 is 16.0 Å². The van der Waals surface area contributed by atoms with E-state index in [2.05, 4.69) is 43.0 Å². The van der Waals surface area contributed by atoms with E-state index in [0.717, 1.165) is 10.5 Å². The zero-order valence-electron chi connectivity index (χ0n) is 16.3. The van der Waals surface area contributed by atoms with Gasteiger partial charge in [-0.2, -0.15) is 4.98 Å². The molecule has 0 fully saturated rings. The maximum Gasteiger partial charge on any atom is 0.216 e. The van der Waals surface area contributed by atoms with Crippen LogP contribution in [0.2, 0.25) is 0 Å². The van der Waals surface area contributed by atoms with E-state index in [-0.39, 0.29) is 18.6 Å². The Bertz CT molecular complexity index is 951. The Morgan fingerprint density at radius 1 is 1.21 bits per heavy atom. The highest BCUT2D eigenvalue weighted by atomic mass is 32.2. The van der Waals surface area contributed by atoms with Gasteiger partial charge in [-0.1, -0.05) is 53.4 Å². The topological polar surface area (TPSA) is 112 Å². The molecule has 1 aromatic carbocycles. The molecule has 0 aliphatic heterocycles. The Balaban J connectivity index is 1.79. The van der Waals surface area contributed by atoms with E-state index in [0.29, 0.717) is 34.8 Å². The Labute approximate surface area is 177 Å². The number of nitrogens with zero attached hydrogens (tertiary/aromatic N) is 3. The lowest BCUT2D eigenvalue weighted by atomic mass is 10.2. The molecule has 2 aromatic heterocycles. The number of fused-ring (bicyclic) bond motifs is 1. The lowest BCUT2D eigenvalue weighted by Gasteiger charge is -2.12. The van der Waals surface area contributed by atoms with Crippen molar-refractivity contribution in [3.63, 3.8) is 0 Å². The van der Waals surface area contributed by atoms with E-state index in [1.165, 1.54) is 23.8 Å². The second-order valence-corrected chi connectivity index (χ2v) is 8.38. The largest absolute Gasteiger partial charge is 0.394 e. The minimum absolute atomic E-state index is 0.00137. The summed E-state index contributed by atoms with van der Waals surface area (Å²) in [5, 5.41) is 19.9. The van der Waals surface area contributed by atoms with E-state index >= 15 is 0 Å². The van der Waals surface area contributed by atoms with Crippen LogP contribution in [0.1, 0.15) is 19.4 Å². The van der Waals surface area contributed by atoms with E-state index in [4.69, 9.17) is 0 Å². The summed E-state index contributed by atoms with van der Waals surface area (Å²) in [4.78, 5) is 24.8. The third-order valence-electron chi connectivity index (χ3n) is 3.88. The molecule has 8 nitrogen and oxygen atoms in total. The molecule has 0 spiro atoms. The second-order valence-electron chi connectivity index (χ2n) is 6.44. The van der Waals surface area contributed by atoms with Gasteiger partial charge < -0.3 is 21.1 Å². The van der Waals surface area contributed by atoms with Crippen molar-refractivity contribution in [2.75, 3.05) is 30.3 Å². The summed E-state index contributed by atoms with van der Waals surface area (Å²) in [6.45, 7) is 4.46. The maximum absolute atomic E-state index is 11.0. The summed E-state index contributed by atoms with van der Waals surface area (Å²) in [7, 11) is 0. The molecule has 29 heavy (non-hydrogen) atoms. The van der Waals surface area contributed by atoms with E-state index < -0.39 is 0 Å². The molecule has 1 atom stereocenters. The number of thiazole rings is 1. The van der Waals surface area contributed by atoms with Crippen molar-refractivity contribution >= 4 is 50.3 Å². The minimum atomic E-state index is -0.140. The number of carbonyl (C=O) groups excluding carboxylic acids is 1. The summed E-state index contributed by atoms with van der Waals surface area (Å²) in [5.41, 5.74) is 1.80. The van der Waals surface area contributed by atoms with Crippen molar-refractivity contribution in [2.45, 2.75) is 30.8 Å². The van der Waals surface area contributed by atoms with Gasteiger partial charge in [0.25, 0.3) is 0 Å². The van der Waals surface area contributed by atoms with Crippen LogP contribution in [0.5, 0.6) is 0 Å². The van der Waals surface area contributed by atoms with Crippen molar-refractivity contribution in [3.8, 4) is 0 Å². The summed E-state index contributed by atoms with van der Waals surface area (Å²) >= 11 is 2.99. The fourth-order valence-corrected chi connectivity index (χ4v) is 4.13. The fourth-order valence-electron chi connectivity index (χ4n) is 2.45. The van der Waals surface area contributed by atoms with Crippen LogP contribution in [-0.4, -0.2) is 51.7 Å². The molecular formula is C19H24N6O2S2. The van der Waals surface area contributed by atoms with Crippen molar-refractivity contribution in [2.24, 2.45) is 0 Å². The van der Waals surface area contributed by atoms with Crippen LogP contribution in [0.4, 0.5) is 10.9 Å². The highest BCUT2D eigenvalue weighted by Gasteiger charge is 2.15. The molecule has 3 aromatic rings. The number of rotatable bonds is 10. The molecule has 1 unspecified atom stereocenters. The lowest BCUT2D eigenvalue weighted by Crippen LogP contribution is -2.26. The highest BCUT2D eigenvalue weighted by Crippen LogP contribution is 2.32. The van der Waals surface area contributed by atoms with E-state index in [1.807, 2.05) is 25.1 Å². The van der Waals surface area contributed by atoms with Crippen LogP contribution in [-0.2, 0) is 10.5 Å². The van der Waals surface area contributed by atoms with Crippen molar-refractivity contribution < 1.29 is 9.90 Å². The van der Waals surface area contributed by atoms with Gasteiger partial charge in [-0.25, -0.2) is 9.97 Å². The number of thioether (sulfide) groups is 1. The van der Waals surface area contributed by atoms with Gasteiger partial charge in [-0.3, -0.25) is 4.79 Å². The van der Waals surface area contributed by atoms with Crippen LogP contribution in [0.15, 0.2) is 35.5 Å². The smallest absolute Gasteiger partial charge is 0.216 e. The molecule has 0 radical (unpaired) electrons. The van der Waals surface area contributed by atoms with Gasteiger partial charge in [-0.15, -0.1) is 0 Å². The number of hydrogen-bond acceptors (Lipinski definition) is 9. The number of hydrogen-bond donors (Lipinski definition) is 4. The van der Waals surface area contributed by atoms with Gasteiger partial charge in [0.2, 0.25) is 5.91 Å². The first kappa shape index (κ1) is 21.3. The Morgan fingerprint density at radius 3 is 2.72 bits per heavy atom. The highest BCUT2D eigenvalue weighted by molar-refractivity contribution is 7.98. The van der Waals surface area contributed by atoms with Gasteiger partial charge in [0.1, 0.15) is 4.70 Å². The normalized spacial score (nSPS) is 12.0. The zero-order chi connectivity index (χ0) is 20.6. The van der Waals surface area contributed by atoms with Gasteiger partial charge >= 0.3 is 0 Å². The number of aromatic nitrogens is 3. The fraction of sp³-hybridized carbons (Fsp3) is 0.368. The molecular weight excluding hydrogens is 408 g/mol. The number of anilines is 2. The Hall–Kier alpha value is -2.43. The van der Waals surface area contributed by atoms with Crippen LogP contribution in [0, 0.1) is 0 Å². The molecule has 1 amide bonds. The van der Waals surface area contributed by atoms with Crippen molar-refractivity contribution in [1.29, 1.82) is 0 Å². The van der Waals surface area contributed by atoms with E-state index in [1.54, 1.807) is 11.8 Å². The lowest BCUT2D eigenvalue weighted by molar-refractivity contribution is -0.118. The quantitative estimate of drug-likeness (QED) is 0.220. The van der Waals surface area contributed by atoms with Gasteiger partial charge in [0, 0.05) is 31.8 Å². The zero-order valence-corrected chi connectivity index (χ0v) is 17.9. The van der Waals surface area contributed by atoms with E-state index in [9.17, 15) is 9.90 Å². The monoisotopic (exact) mass is 432 g/mol. The second kappa shape index (κ2) is 10.4. The molecule has 10 heteroatoms. The summed E-state index contributed by atoms with van der Waals surface area (Å²) in [5.74, 6) is 1.36. The third kappa shape index (κ3) is 6.28. The minimum Gasteiger partial charge on any atom is -0.394 e.